The first-order chi connectivity index (χ1) is 12.8. The maximum atomic E-state index is 12.7. The van der Waals surface area contributed by atoms with Gasteiger partial charge in [-0.15, -0.1) is 0 Å². The molecule has 0 saturated heterocycles. The van der Waals surface area contributed by atoms with Gasteiger partial charge in [-0.3, -0.25) is 14.2 Å². The first kappa shape index (κ1) is 18.4. The molecule has 0 fully saturated rings. The van der Waals surface area contributed by atoms with E-state index in [9.17, 15) is 14.4 Å². The van der Waals surface area contributed by atoms with Gasteiger partial charge in [0.05, 0.1) is 19.5 Å². The first-order valence-electron chi connectivity index (χ1n) is 8.38. The molecule has 9 nitrogen and oxygen atoms in total. The van der Waals surface area contributed by atoms with Crippen LogP contribution >= 0.6 is 0 Å². The number of nitrogens with one attached hydrogen (secondary N) is 1. The van der Waals surface area contributed by atoms with E-state index in [1.807, 2.05) is 18.2 Å². The van der Waals surface area contributed by atoms with Crippen molar-refractivity contribution in [3.05, 3.63) is 57.0 Å². The Hall–Kier alpha value is -3.36. The third kappa shape index (κ3) is 3.23. The van der Waals surface area contributed by atoms with Crippen molar-refractivity contribution in [2.24, 2.45) is 14.1 Å². The third-order valence-electron chi connectivity index (χ3n) is 4.49. The Balaban J connectivity index is 1.90. The van der Waals surface area contributed by atoms with Gasteiger partial charge >= 0.3 is 5.69 Å². The number of para-hydroxylation sites is 1. The monoisotopic (exact) mass is 371 g/mol. The van der Waals surface area contributed by atoms with E-state index in [2.05, 4.69) is 10.3 Å². The van der Waals surface area contributed by atoms with Crippen molar-refractivity contribution < 1.29 is 9.53 Å². The highest BCUT2D eigenvalue weighted by atomic mass is 16.5. The van der Waals surface area contributed by atoms with E-state index >= 15 is 0 Å². The van der Waals surface area contributed by atoms with E-state index in [1.54, 1.807) is 27.1 Å². The van der Waals surface area contributed by atoms with E-state index in [0.29, 0.717) is 5.75 Å². The molecule has 0 saturated carbocycles. The zero-order chi connectivity index (χ0) is 19.7. The zero-order valence-corrected chi connectivity index (χ0v) is 15.6. The summed E-state index contributed by atoms with van der Waals surface area (Å²) in [6.45, 7) is 1.42. The third-order valence-corrected chi connectivity index (χ3v) is 4.49. The Bertz CT molecular complexity index is 1120. The lowest BCUT2D eigenvalue weighted by Crippen LogP contribution is -2.43. The first-order valence-corrected chi connectivity index (χ1v) is 8.38. The minimum absolute atomic E-state index is 0.266. The van der Waals surface area contributed by atoms with Crippen LogP contribution < -0.4 is 21.3 Å². The Morgan fingerprint density at radius 1 is 1.26 bits per heavy atom. The highest BCUT2D eigenvalue weighted by Crippen LogP contribution is 2.24. The molecule has 1 atom stereocenters. The number of carbonyl (C=O) groups excluding carboxylic acids is 1. The van der Waals surface area contributed by atoms with Gasteiger partial charge in [0.2, 0.25) is 5.91 Å². The van der Waals surface area contributed by atoms with Gasteiger partial charge in [-0.2, -0.15) is 0 Å². The predicted octanol–water partition coefficient (Wildman–Crippen LogP) is 0.320. The lowest BCUT2D eigenvalue weighted by atomic mass is 10.1. The summed E-state index contributed by atoms with van der Waals surface area (Å²) in [6.07, 6.45) is 1.46. The number of fused-ring (bicyclic) bond motifs is 1. The van der Waals surface area contributed by atoms with Crippen molar-refractivity contribution in [2.45, 2.75) is 19.5 Å². The fourth-order valence-electron chi connectivity index (χ4n) is 3.07. The van der Waals surface area contributed by atoms with Gasteiger partial charge in [-0.05, 0) is 13.0 Å². The van der Waals surface area contributed by atoms with Gasteiger partial charge in [0.25, 0.3) is 5.56 Å². The van der Waals surface area contributed by atoms with Crippen LogP contribution in [0, 0.1) is 0 Å². The summed E-state index contributed by atoms with van der Waals surface area (Å²) in [4.78, 5) is 41.7. The van der Waals surface area contributed by atoms with E-state index < -0.39 is 17.2 Å². The summed E-state index contributed by atoms with van der Waals surface area (Å²) in [5.74, 6) is 0.198. The van der Waals surface area contributed by atoms with Crippen LogP contribution in [0.2, 0.25) is 0 Å². The highest BCUT2D eigenvalue weighted by molar-refractivity contribution is 5.77. The number of methoxy groups -OCH3 is 1. The van der Waals surface area contributed by atoms with Crippen molar-refractivity contribution in [1.82, 2.24) is 24.0 Å². The molecule has 142 valence electrons. The molecule has 0 aliphatic carbocycles. The van der Waals surface area contributed by atoms with Crippen LogP contribution in [-0.2, 0) is 25.4 Å². The summed E-state index contributed by atoms with van der Waals surface area (Å²) >= 11 is 0. The SMILES string of the molecule is COc1ccccc1C(C)NC(=O)Cn1c(=O)c2c(ncn2C)n(C)c1=O. The molecule has 0 spiro atoms. The van der Waals surface area contributed by atoms with Crippen LogP contribution in [0.3, 0.4) is 0 Å². The minimum atomic E-state index is -0.591. The molecule has 1 N–H and O–H groups in total. The van der Waals surface area contributed by atoms with Crippen molar-refractivity contribution >= 4 is 17.1 Å². The fraction of sp³-hybridized carbons (Fsp3) is 0.333. The molecule has 1 unspecified atom stereocenters. The number of aromatic nitrogens is 4. The van der Waals surface area contributed by atoms with Gasteiger partial charge in [0.15, 0.2) is 11.2 Å². The summed E-state index contributed by atoms with van der Waals surface area (Å²) in [5, 5.41) is 2.80. The van der Waals surface area contributed by atoms with Crippen molar-refractivity contribution in [1.29, 1.82) is 0 Å². The molecular weight excluding hydrogens is 350 g/mol. The number of rotatable bonds is 5. The standard InChI is InChI=1S/C18H21N5O4/c1-11(12-7-5-6-8-13(12)27-4)20-14(24)9-23-17(25)15-16(19-10-21(15)2)22(3)18(23)26/h5-8,10-11H,9H2,1-4H3,(H,20,24). The van der Waals surface area contributed by atoms with E-state index in [1.165, 1.54) is 22.5 Å². The quantitative estimate of drug-likeness (QED) is 0.696. The van der Waals surface area contributed by atoms with E-state index in [-0.39, 0.29) is 23.8 Å². The van der Waals surface area contributed by atoms with Gasteiger partial charge in [0.1, 0.15) is 12.3 Å². The number of hydrogen-bond acceptors (Lipinski definition) is 5. The molecular formula is C18H21N5O4. The topological polar surface area (TPSA) is 100 Å². The largest absolute Gasteiger partial charge is 0.496 e. The Morgan fingerprint density at radius 2 is 1.96 bits per heavy atom. The second-order valence-electron chi connectivity index (χ2n) is 6.29. The number of benzene rings is 1. The molecule has 1 amide bonds. The van der Waals surface area contributed by atoms with Gasteiger partial charge in [0, 0.05) is 19.7 Å². The Labute approximate surface area is 154 Å². The normalized spacial score (nSPS) is 12.1. The molecule has 0 radical (unpaired) electrons. The van der Waals surface area contributed by atoms with Crippen LogP contribution in [0.1, 0.15) is 18.5 Å². The van der Waals surface area contributed by atoms with Crippen molar-refractivity contribution in [3.8, 4) is 5.75 Å². The van der Waals surface area contributed by atoms with Gasteiger partial charge < -0.3 is 14.6 Å². The summed E-state index contributed by atoms with van der Waals surface area (Å²) in [5.41, 5.74) is 0.212. The van der Waals surface area contributed by atoms with Crippen molar-refractivity contribution in [3.63, 3.8) is 0 Å². The number of nitrogens with zero attached hydrogens (tertiary/aromatic N) is 4. The summed E-state index contributed by atoms with van der Waals surface area (Å²) < 4.78 is 9.00. The van der Waals surface area contributed by atoms with Gasteiger partial charge in [-0.25, -0.2) is 14.3 Å². The lowest BCUT2D eigenvalue weighted by molar-refractivity contribution is -0.122. The zero-order valence-electron chi connectivity index (χ0n) is 15.6. The van der Waals surface area contributed by atoms with Crippen molar-refractivity contribution in [2.75, 3.05) is 7.11 Å². The summed E-state index contributed by atoms with van der Waals surface area (Å²) in [6, 6.07) is 6.97. The molecule has 27 heavy (non-hydrogen) atoms. The Morgan fingerprint density at radius 3 is 2.67 bits per heavy atom. The molecule has 1 aromatic carbocycles. The number of imidazole rings is 1. The predicted molar refractivity (Wildman–Crippen MR) is 99.8 cm³/mol. The number of hydrogen-bond donors (Lipinski definition) is 1. The van der Waals surface area contributed by atoms with Crippen LogP contribution in [0.25, 0.3) is 11.2 Å². The Kier molecular flexibility index (Phi) is 4.85. The molecule has 0 aliphatic heterocycles. The molecule has 3 aromatic rings. The van der Waals surface area contributed by atoms with Crippen LogP contribution in [0.15, 0.2) is 40.2 Å². The maximum absolute atomic E-state index is 12.7. The fourth-order valence-corrected chi connectivity index (χ4v) is 3.07. The molecule has 3 rings (SSSR count). The van der Waals surface area contributed by atoms with Crippen LogP contribution in [0.5, 0.6) is 5.75 Å². The number of carbonyl (C=O) groups is 1. The molecule has 0 aliphatic rings. The average molecular weight is 371 g/mol. The number of ether oxygens (including phenoxy) is 1. The molecule has 9 heteroatoms. The lowest BCUT2D eigenvalue weighted by Gasteiger charge is -2.17. The van der Waals surface area contributed by atoms with Gasteiger partial charge in [-0.1, -0.05) is 18.2 Å². The van der Waals surface area contributed by atoms with E-state index in [4.69, 9.17) is 4.74 Å². The average Bonchev–Trinajstić information content (AvgIpc) is 3.05. The second-order valence-corrected chi connectivity index (χ2v) is 6.29. The van der Waals surface area contributed by atoms with E-state index in [0.717, 1.165) is 10.1 Å². The number of amides is 1. The molecule has 2 heterocycles. The number of aryl methyl sites for hydroxylation is 2. The second kappa shape index (κ2) is 7.10. The maximum Gasteiger partial charge on any atom is 0.332 e. The molecule has 0 bridgehead atoms. The highest BCUT2D eigenvalue weighted by Gasteiger charge is 2.19. The molecule has 2 aromatic heterocycles. The summed E-state index contributed by atoms with van der Waals surface area (Å²) in [7, 11) is 4.73. The van der Waals surface area contributed by atoms with Crippen LogP contribution in [-0.4, -0.2) is 31.7 Å². The minimum Gasteiger partial charge on any atom is -0.496 e. The van der Waals surface area contributed by atoms with Crippen LogP contribution in [0.4, 0.5) is 0 Å². The smallest absolute Gasteiger partial charge is 0.332 e.